The number of likely N-dealkylation sites (N-methyl/N-ethyl adjacent to an activating group) is 1. The smallest absolute Gasteiger partial charge is 0.239 e. The molecule has 0 aromatic rings. The van der Waals surface area contributed by atoms with Crippen LogP contribution in [-0.4, -0.2) is 38.0 Å². The van der Waals surface area contributed by atoms with Gasteiger partial charge in [-0.05, 0) is 19.4 Å². The lowest BCUT2D eigenvalue weighted by molar-refractivity contribution is -0.127. The molecule has 0 saturated carbocycles. The summed E-state index contributed by atoms with van der Waals surface area (Å²) < 4.78 is 0. The highest BCUT2D eigenvalue weighted by molar-refractivity contribution is 5.84. The van der Waals surface area contributed by atoms with Gasteiger partial charge < -0.3 is 16.0 Å². The molecule has 1 atom stereocenters. The maximum absolute atomic E-state index is 11.5. The quantitative estimate of drug-likeness (QED) is 0.627. The SMILES string of the molecule is CNC(C)CNC(=O)CNC(=O)CC(C)(C)C. The standard InChI is InChI=1S/C12H25N3O2/c1-9(13-5)7-14-11(17)8-15-10(16)6-12(2,3)4/h9,13H,6-8H2,1-5H3,(H,14,17)(H,15,16). The molecule has 17 heavy (non-hydrogen) atoms. The van der Waals surface area contributed by atoms with E-state index in [4.69, 9.17) is 0 Å². The minimum absolute atomic E-state index is 0.0470. The van der Waals surface area contributed by atoms with Gasteiger partial charge in [0.1, 0.15) is 0 Å². The van der Waals surface area contributed by atoms with Crippen molar-refractivity contribution in [1.82, 2.24) is 16.0 Å². The molecule has 0 heterocycles. The highest BCUT2D eigenvalue weighted by Crippen LogP contribution is 2.17. The van der Waals surface area contributed by atoms with E-state index in [1.807, 2.05) is 34.7 Å². The molecule has 3 N–H and O–H groups in total. The monoisotopic (exact) mass is 243 g/mol. The van der Waals surface area contributed by atoms with Gasteiger partial charge in [0, 0.05) is 19.0 Å². The predicted octanol–water partition coefficient (Wildman–Crippen LogP) is 0.263. The number of hydrogen-bond donors (Lipinski definition) is 3. The predicted molar refractivity (Wildman–Crippen MR) is 68.6 cm³/mol. The van der Waals surface area contributed by atoms with Gasteiger partial charge in [0.05, 0.1) is 6.54 Å². The van der Waals surface area contributed by atoms with Crippen molar-refractivity contribution >= 4 is 11.8 Å². The zero-order valence-corrected chi connectivity index (χ0v) is 11.5. The third-order valence-corrected chi connectivity index (χ3v) is 2.24. The molecule has 0 bridgehead atoms. The maximum atomic E-state index is 11.5. The van der Waals surface area contributed by atoms with Crippen molar-refractivity contribution in [2.75, 3.05) is 20.1 Å². The van der Waals surface area contributed by atoms with E-state index >= 15 is 0 Å². The van der Waals surface area contributed by atoms with Gasteiger partial charge in [0.25, 0.3) is 0 Å². The van der Waals surface area contributed by atoms with Crippen LogP contribution in [-0.2, 0) is 9.59 Å². The van der Waals surface area contributed by atoms with Crippen molar-refractivity contribution in [3.63, 3.8) is 0 Å². The Hall–Kier alpha value is -1.10. The minimum atomic E-state index is -0.158. The normalized spacial score (nSPS) is 13.0. The Bertz CT molecular complexity index is 259. The minimum Gasteiger partial charge on any atom is -0.353 e. The van der Waals surface area contributed by atoms with E-state index in [1.54, 1.807) is 0 Å². The Labute approximate surface area is 104 Å². The molecule has 2 amide bonds. The number of nitrogens with one attached hydrogen (secondary N) is 3. The molecule has 100 valence electrons. The van der Waals surface area contributed by atoms with E-state index in [0.717, 1.165) is 0 Å². The Kier molecular flexibility index (Phi) is 6.80. The second-order valence-electron chi connectivity index (χ2n) is 5.51. The third-order valence-electron chi connectivity index (χ3n) is 2.24. The second-order valence-corrected chi connectivity index (χ2v) is 5.51. The Morgan fingerprint density at radius 2 is 1.71 bits per heavy atom. The molecule has 5 heteroatoms. The van der Waals surface area contributed by atoms with Crippen LogP contribution in [0, 0.1) is 5.41 Å². The van der Waals surface area contributed by atoms with E-state index in [-0.39, 0.29) is 29.8 Å². The average Bonchev–Trinajstić information content (AvgIpc) is 2.20. The van der Waals surface area contributed by atoms with Crippen LogP contribution in [0.2, 0.25) is 0 Å². The molecule has 1 unspecified atom stereocenters. The number of carbonyl (C=O) groups is 2. The van der Waals surface area contributed by atoms with Gasteiger partial charge in [-0.3, -0.25) is 9.59 Å². The van der Waals surface area contributed by atoms with Gasteiger partial charge in [0.2, 0.25) is 11.8 Å². The number of rotatable bonds is 6. The van der Waals surface area contributed by atoms with Gasteiger partial charge in [-0.2, -0.15) is 0 Å². The maximum Gasteiger partial charge on any atom is 0.239 e. The molecule has 0 rings (SSSR count). The lowest BCUT2D eigenvalue weighted by Crippen LogP contribution is -2.42. The Morgan fingerprint density at radius 1 is 1.12 bits per heavy atom. The van der Waals surface area contributed by atoms with Gasteiger partial charge in [-0.15, -0.1) is 0 Å². The lowest BCUT2D eigenvalue weighted by Gasteiger charge is -2.17. The Morgan fingerprint density at radius 3 is 2.18 bits per heavy atom. The summed E-state index contributed by atoms with van der Waals surface area (Å²) >= 11 is 0. The van der Waals surface area contributed by atoms with Crippen molar-refractivity contribution in [3.8, 4) is 0 Å². The number of hydrogen-bond acceptors (Lipinski definition) is 3. The molecule has 0 aliphatic heterocycles. The summed E-state index contributed by atoms with van der Waals surface area (Å²) in [6.07, 6.45) is 0.424. The molecule has 0 spiro atoms. The van der Waals surface area contributed by atoms with E-state index in [1.165, 1.54) is 0 Å². The molecule has 0 aromatic carbocycles. The molecule has 0 aromatic heterocycles. The van der Waals surface area contributed by atoms with Crippen LogP contribution in [0.3, 0.4) is 0 Å². The first kappa shape index (κ1) is 15.9. The van der Waals surface area contributed by atoms with Crippen molar-refractivity contribution in [2.24, 2.45) is 5.41 Å². The summed E-state index contributed by atoms with van der Waals surface area (Å²) in [6, 6.07) is 0.226. The van der Waals surface area contributed by atoms with Gasteiger partial charge >= 0.3 is 0 Å². The van der Waals surface area contributed by atoms with Crippen molar-refractivity contribution in [3.05, 3.63) is 0 Å². The van der Waals surface area contributed by atoms with Crippen molar-refractivity contribution in [1.29, 1.82) is 0 Å². The van der Waals surface area contributed by atoms with Crippen LogP contribution < -0.4 is 16.0 Å². The summed E-state index contributed by atoms with van der Waals surface area (Å²) in [4.78, 5) is 22.8. The summed E-state index contributed by atoms with van der Waals surface area (Å²) in [6.45, 7) is 8.54. The second kappa shape index (κ2) is 7.27. The molecule has 0 fully saturated rings. The highest BCUT2D eigenvalue weighted by Gasteiger charge is 2.16. The molecule has 0 aliphatic rings. The summed E-state index contributed by atoms with van der Waals surface area (Å²) in [5.41, 5.74) is -0.0544. The van der Waals surface area contributed by atoms with Gasteiger partial charge in [-0.25, -0.2) is 0 Å². The van der Waals surface area contributed by atoms with Crippen LogP contribution >= 0.6 is 0 Å². The van der Waals surface area contributed by atoms with Crippen molar-refractivity contribution in [2.45, 2.75) is 40.2 Å². The first-order valence-corrected chi connectivity index (χ1v) is 5.95. The van der Waals surface area contributed by atoms with E-state index in [9.17, 15) is 9.59 Å². The summed E-state index contributed by atoms with van der Waals surface area (Å²) in [7, 11) is 1.84. The zero-order valence-electron chi connectivity index (χ0n) is 11.5. The van der Waals surface area contributed by atoms with E-state index in [2.05, 4.69) is 16.0 Å². The van der Waals surface area contributed by atoms with Crippen LogP contribution in [0.4, 0.5) is 0 Å². The van der Waals surface area contributed by atoms with Crippen molar-refractivity contribution < 1.29 is 9.59 Å². The Balaban J connectivity index is 3.74. The highest BCUT2D eigenvalue weighted by atomic mass is 16.2. The van der Waals surface area contributed by atoms with Crippen LogP contribution in [0.15, 0.2) is 0 Å². The topological polar surface area (TPSA) is 70.2 Å². The molecular formula is C12H25N3O2. The fourth-order valence-electron chi connectivity index (χ4n) is 1.15. The van der Waals surface area contributed by atoms with Crippen LogP contribution in [0.1, 0.15) is 34.1 Å². The van der Waals surface area contributed by atoms with Crippen LogP contribution in [0.5, 0.6) is 0 Å². The molecule has 5 nitrogen and oxygen atoms in total. The molecule has 0 radical (unpaired) electrons. The van der Waals surface area contributed by atoms with E-state index in [0.29, 0.717) is 13.0 Å². The third kappa shape index (κ3) is 9.81. The first-order chi connectivity index (χ1) is 7.74. The zero-order chi connectivity index (χ0) is 13.5. The van der Waals surface area contributed by atoms with Gasteiger partial charge in [-0.1, -0.05) is 20.8 Å². The molecule has 0 saturated heterocycles. The fourth-order valence-corrected chi connectivity index (χ4v) is 1.15. The summed E-state index contributed by atoms with van der Waals surface area (Å²) in [5.74, 6) is -0.247. The number of carbonyl (C=O) groups excluding carboxylic acids is 2. The largest absolute Gasteiger partial charge is 0.353 e. The number of amides is 2. The average molecular weight is 243 g/mol. The fraction of sp³-hybridized carbons (Fsp3) is 0.833. The lowest BCUT2D eigenvalue weighted by atomic mass is 9.92. The summed E-state index contributed by atoms with van der Waals surface area (Å²) in [5, 5.41) is 8.36. The molecule has 0 aliphatic carbocycles. The van der Waals surface area contributed by atoms with E-state index < -0.39 is 0 Å². The van der Waals surface area contributed by atoms with Gasteiger partial charge in [0.15, 0.2) is 0 Å². The first-order valence-electron chi connectivity index (χ1n) is 5.95. The van der Waals surface area contributed by atoms with Crippen LogP contribution in [0.25, 0.3) is 0 Å². The molecular weight excluding hydrogens is 218 g/mol.